The van der Waals surface area contributed by atoms with Crippen LogP contribution in [0.1, 0.15) is 12.0 Å². The molecule has 0 bridgehead atoms. The van der Waals surface area contributed by atoms with Crippen LogP contribution in [0.2, 0.25) is 0 Å². The molecule has 0 spiro atoms. The van der Waals surface area contributed by atoms with Crippen molar-refractivity contribution in [2.45, 2.75) is 12.1 Å². The molecule has 3 rings (SSSR count). The number of hydrogen-bond donors (Lipinski definition) is 1. The average molecular weight is 266 g/mol. The number of hydrogen-bond acceptors (Lipinski definition) is 3. The molecule has 1 aromatic carbocycles. The fraction of sp³-hybridized carbons (Fsp3) is 0.462. The van der Waals surface area contributed by atoms with Crippen molar-refractivity contribution in [3.05, 3.63) is 35.6 Å². The minimum atomic E-state index is -0.439. The molecule has 18 heavy (non-hydrogen) atoms. The van der Waals surface area contributed by atoms with E-state index in [-0.39, 0.29) is 11.7 Å². The summed E-state index contributed by atoms with van der Waals surface area (Å²) in [5.41, 5.74) is 0.538. The van der Waals surface area contributed by atoms with Gasteiger partial charge in [0.15, 0.2) is 0 Å². The van der Waals surface area contributed by atoms with E-state index in [1.165, 1.54) is 12.1 Å². The van der Waals surface area contributed by atoms with E-state index in [0.29, 0.717) is 5.75 Å². The lowest BCUT2D eigenvalue weighted by molar-refractivity contribution is -0.138. The van der Waals surface area contributed by atoms with Crippen molar-refractivity contribution in [3.63, 3.8) is 0 Å². The van der Waals surface area contributed by atoms with Gasteiger partial charge in [0, 0.05) is 12.3 Å². The fourth-order valence-electron chi connectivity index (χ4n) is 2.72. The maximum Gasteiger partial charge on any atom is 0.234 e. The van der Waals surface area contributed by atoms with Gasteiger partial charge < -0.3 is 4.90 Å². The Hall–Kier alpha value is -1.07. The predicted molar refractivity (Wildman–Crippen MR) is 69.7 cm³/mol. The molecule has 1 atom stereocenters. The number of carbonyl (C=O) groups is 1. The highest BCUT2D eigenvalue weighted by molar-refractivity contribution is 8.00. The first-order valence-electron chi connectivity index (χ1n) is 6.12. The molecule has 0 aliphatic carbocycles. The molecule has 0 saturated carbocycles. The molecular formula is C13H15FN2OS. The van der Waals surface area contributed by atoms with E-state index < -0.39 is 5.66 Å². The zero-order chi connectivity index (χ0) is 12.6. The Balaban J connectivity index is 2.03. The Bertz CT molecular complexity index is 461. The highest BCUT2D eigenvalue weighted by Gasteiger charge is 2.45. The average Bonchev–Trinajstić information content (AvgIpc) is 2.40. The number of nitrogens with zero attached hydrogens (tertiary/aromatic N) is 1. The van der Waals surface area contributed by atoms with Crippen LogP contribution in [0, 0.1) is 5.82 Å². The SMILES string of the molecule is O=C1CSCC2(c3ccc(F)cc3)NCCCN12. The molecule has 1 N–H and O–H groups in total. The standard InChI is InChI=1S/C13H15FN2OS/c14-11-4-2-10(3-5-11)13-9-18-8-12(17)16(13)7-1-6-15-13/h2-5,15H,1,6-9H2. The van der Waals surface area contributed by atoms with E-state index in [0.717, 1.165) is 30.8 Å². The lowest BCUT2D eigenvalue weighted by Gasteiger charge is -2.50. The number of halogens is 1. The second-order valence-corrected chi connectivity index (χ2v) is 5.67. The monoisotopic (exact) mass is 266 g/mol. The van der Waals surface area contributed by atoms with Crippen LogP contribution in [-0.2, 0) is 10.5 Å². The minimum Gasteiger partial charge on any atom is -0.319 e. The van der Waals surface area contributed by atoms with E-state index in [1.807, 2.05) is 4.90 Å². The smallest absolute Gasteiger partial charge is 0.234 e. The van der Waals surface area contributed by atoms with Gasteiger partial charge in [0.2, 0.25) is 5.91 Å². The third-order valence-electron chi connectivity index (χ3n) is 3.60. The van der Waals surface area contributed by atoms with Crippen LogP contribution >= 0.6 is 11.8 Å². The molecule has 2 heterocycles. The van der Waals surface area contributed by atoms with Crippen molar-refractivity contribution >= 4 is 17.7 Å². The summed E-state index contributed by atoms with van der Waals surface area (Å²) in [7, 11) is 0. The molecule has 1 amide bonds. The van der Waals surface area contributed by atoms with Crippen molar-refractivity contribution < 1.29 is 9.18 Å². The highest BCUT2D eigenvalue weighted by atomic mass is 32.2. The third-order valence-corrected chi connectivity index (χ3v) is 4.67. The summed E-state index contributed by atoms with van der Waals surface area (Å²) < 4.78 is 13.0. The van der Waals surface area contributed by atoms with Gasteiger partial charge in [0.05, 0.1) is 5.75 Å². The van der Waals surface area contributed by atoms with Gasteiger partial charge in [-0.25, -0.2) is 4.39 Å². The number of carbonyl (C=O) groups excluding carboxylic acids is 1. The third kappa shape index (κ3) is 1.82. The van der Waals surface area contributed by atoms with Crippen molar-refractivity contribution in [1.29, 1.82) is 0 Å². The minimum absolute atomic E-state index is 0.169. The van der Waals surface area contributed by atoms with Gasteiger partial charge in [-0.05, 0) is 30.7 Å². The van der Waals surface area contributed by atoms with E-state index >= 15 is 0 Å². The van der Waals surface area contributed by atoms with E-state index in [4.69, 9.17) is 0 Å². The molecule has 96 valence electrons. The normalized spacial score (nSPS) is 28.1. The molecule has 2 fully saturated rings. The van der Waals surface area contributed by atoms with Crippen molar-refractivity contribution in [2.24, 2.45) is 0 Å². The van der Waals surface area contributed by atoms with Gasteiger partial charge in [-0.1, -0.05) is 12.1 Å². The summed E-state index contributed by atoms with van der Waals surface area (Å²) in [4.78, 5) is 14.0. The van der Waals surface area contributed by atoms with Crippen molar-refractivity contribution in [1.82, 2.24) is 10.2 Å². The summed E-state index contributed by atoms with van der Waals surface area (Å²) in [6, 6.07) is 6.48. The van der Waals surface area contributed by atoms with Gasteiger partial charge in [-0.2, -0.15) is 0 Å². The van der Waals surface area contributed by atoms with Gasteiger partial charge in [0.1, 0.15) is 11.5 Å². The zero-order valence-electron chi connectivity index (χ0n) is 9.99. The lowest BCUT2D eigenvalue weighted by atomic mass is 9.96. The summed E-state index contributed by atoms with van der Waals surface area (Å²) in [6.07, 6.45) is 0.972. The second kappa shape index (κ2) is 4.55. The van der Waals surface area contributed by atoms with E-state index in [2.05, 4.69) is 5.32 Å². The molecule has 0 aromatic heterocycles. The van der Waals surface area contributed by atoms with Gasteiger partial charge in [-0.15, -0.1) is 11.8 Å². The molecule has 1 aromatic rings. The summed E-state index contributed by atoms with van der Waals surface area (Å²) in [5, 5.41) is 3.46. The molecule has 5 heteroatoms. The molecule has 2 aliphatic rings. The Morgan fingerprint density at radius 1 is 1.33 bits per heavy atom. The summed E-state index contributed by atoms with van der Waals surface area (Å²) >= 11 is 1.64. The van der Waals surface area contributed by atoms with Crippen molar-refractivity contribution in [2.75, 3.05) is 24.6 Å². The maximum atomic E-state index is 13.0. The van der Waals surface area contributed by atoms with Crippen molar-refractivity contribution in [3.8, 4) is 0 Å². The summed E-state index contributed by atoms with van der Waals surface area (Å²) in [6.45, 7) is 1.67. The first kappa shape index (κ1) is 12.0. The van der Waals surface area contributed by atoms with Crippen LogP contribution in [0.5, 0.6) is 0 Å². The topological polar surface area (TPSA) is 32.3 Å². The van der Waals surface area contributed by atoms with Crippen LogP contribution in [0.3, 0.4) is 0 Å². The molecule has 1 unspecified atom stereocenters. The first-order valence-corrected chi connectivity index (χ1v) is 7.27. The Morgan fingerprint density at radius 2 is 2.11 bits per heavy atom. The molecule has 2 aliphatic heterocycles. The van der Waals surface area contributed by atoms with E-state index in [9.17, 15) is 9.18 Å². The molecular weight excluding hydrogens is 251 g/mol. The number of nitrogens with one attached hydrogen (secondary N) is 1. The van der Waals surface area contributed by atoms with Crippen LogP contribution in [0.25, 0.3) is 0 Å². The molecule has 2 saturated heterocycles. The lowest BCUT2D eigenvalue weighted by Crippen LogP contribution is -2.66. The zero-order valence-corrected chi connectivity index (χ0v) is 10.8. The van der Waals surface area contributed by atoms with Crippen LogP contribution in [-0.4, -0.2) is 35.4 Å². The number of amides is 1. The number of rotatable bonds is 1. The Kier molecular flexibility index (Phi) is 3.03. The van der Waals surface area contributed by atoms with Gasteiger partial charge in [0.25, 0.3) is 0 Å². The quantitative estimate of drug-likeness (QED) is 0.837. The Labute approximate surface area is 110 Å². The predicted octanol–water partition coefficient (Wildman–Crippen LogP) is 1.55. The van der Waals surface area contributed by atoms with Crippen LogP contribution in [0.4, 0.5) is 4.39 Å². The molecule has 0 radical (unpaired) electrons. The fourth-order valence-corrected chi connectivity index (χ4v) is 3.87. The summed E-state index contributed by atoms with van der Waals surface area (Å²) in [5.74, 6) is 1.30. The highest BCUT2D eigenvalue weighted by Crippen LogP contribution is 2.36. The number of fused-ring (bicyclic) bond motifs is 1. The second-order valence-electron chi connectivity index (χ2n) is 4.69. The van der Waals surface area contributed by atoms with Gasteiger partial charge in [-0.3, -0.25) is 10.1 Å². The largest absolute Gasteiger partial charge is 0.319 e. The number of thioether (sulfide) groups is 1. The maximum absolute atomic E-state index is 13.0. The van der Waals surface area contributed by atoms with Crippen LogP contribution in [0.15, 0.2) is 24.3 Å². The Morgan fingerprint density at radius 3 is 2.89 bits per heavy atom. The van der Waals surface area contributed by atoms with Crippen LogP contribution < -0.4 is 5.32 Å². The number of benzene rings is 1. The molecule has 3 nitrogen and oxygen atoms in total. The van der Waals surface area contributed by atoms with E-state index in [1.54, 1.807) is 23.9 Å². The first-order chi connectivity index (χ1) is 8.72. The van der Waals surface area contributed by atoms with Gasteiger partial charge >= 0.3 is 0 Å².